The zero-order valence-corrected chi connectivity index (χ0v) is 29.9. The predicted molar refractivity (Wildman–Crippen MR) is 231 cm³/mol. The Morgan fingerprint density at radius 1 is 0.345 bits per heavy atom. The van der Waals surface area contributed by atoms with Gasteiger partial charge in [-0.25, -0.2) is 9.97 Å². The summed E-state index contributed by atoms with van der Waals surface area (Å²) in [5.41, 5.74) is 10.7. The molecule has 0 aliphatic heterocycles. The Kier molecular flexibility index (Phi) is 7.17. The topological polar surface area (TPSA) is 30.7 Å². The molecule has 0 aliphatic rings. The summed E-state index contributed by atoms with van der Waals surface area (Å²) < 4.78 is 2.37. The van der Waals surface area contributed by atoms with E-state index in [1.807, 2.05) is 6.07 Å². The Labute approximate surface area is 318 Å². The molecule has 11 aromatic rings. The van der Waals surface area contributed by atoms with Gasteiger partial charge in [0.15, 0.2) is 5.82 Å². The van der Waals surface area contributed by atoms with Crippen molar-refractivity contribution in [2.45, 2.75) is 0 Å². The van der Waals surface area contributed by atoms with E-state index in [0.29, 0.717) is 5.82 Å². The molecule has 0 saturated carbocycles. The van der Waals surface area contributed by atoms with Crippen molar-refractivity contribution in [3.05, 3.63) is 200 Å². The molecular formula is C52H33N3. The maximum Gasteiger partial charge on any atom is 0.160 e. The van der Waals surface area contributed by atoms with Crippen LogP contribution >= 0.6 is 0 Å². The lowest BCUT2D eigenvalue weighted by molar-refractivity contribution is 1.16. The normalized spacial score (nSPS) is 11.6. The number of hydrogen-bond acceptors (Lipinski definition) is 2. The van der Waals surface area contributed by atoms with Crippen LogP contribution in [0.5, 0.6) is 0 Å². The Balaban J connectivity index is 1.12. The summed E-state index contributed by atoms with van der Waals surface area (Å²) in [4.78, 5) is 10.6. The van der Waals surface area contributed by atoms with Gasteiger partial charge in [-0.05, 0) is 73.8 Å². The highest BCUT2D eigenvalue weighted by atomic mass is 15.0. The fourth-order valence-corrected chi connectivity index (χ4v) is 8.46. The lowest BCUT2D eigenvalue weighted by Gasteiger charge is -2.15. The van der Waals surface area contributed by atoms with Crippen molar-refractivity contribution in [3.8, 4) is 50.7 Å². The van der Waals surface area contributed by atoms with Crippen LogP contribution in [0.25, 0.3) is 105 Å². The molecule has 0 atom stereocenters. The predicted octanol–water partition coefficient (Wildman–Crippen LogP) is 13.7. The van der Waals surface area contributed by atoms with Gasteiger partial charge in [0.25, 0.3) is 0 Å². The van der Waals surface area contributed by atoms with E-state index in [2.05, 4.69) is 199 Å². The van der Waals surface area contributed by atoms with Crippen LogP contribution in [0, 0.1) is 0 Å². The van der Waals surface area contributed by atoms with Gasteiger partial charge < -0.3 is 4.57 Å². The van der Waals surface area contributed by atoms with Gasteiger partial charge in [-0.2, -0.15) is 0 Å². The fraction of sp³-hybridized carbons (Fsp3) is 0. The fourth-order valence-electron chi connectivity index (χ4n) is 8.46. The number of para-hydroxylation sites is 3. The Hall–Kier alpha value is -7.36. The number of rotatable bonds is 5. The number of benzene rings is 9. The summed E-state index contributed by atoms with van der Waals surface area (Å²) in [6, 6.07) is 71.5. The van der Waals surface area contributed by atoms with Crippen LogP contribution in [0.2, 0.25) is 0 Å². The first kappa shape index (κ1) is 31.2. The van der Waals surface area contributed by atoms with E-state index in [1.54, 1.807) is 0 Å². The van der Waals surface area contributed by atoms with Crippen molar-refractivity contribution in [1.29, 1.82) is 0 Å². The van der Waals surface area contributed by atoms with Crippen molar-refractivity contribution in [3.63, 3.8) is 0 Å². The highest BCUT2D eigenvalue weighted by Gasteiger charge is 2.19. The zero-order valence-electron chi connectivity index (χ0n) is 29.9. The molecule has 0 saturated heterocycles. The Morgan fingerprint density at radius 3 is 1.80 bits per heavy atom. The molecule has 3 heteroatoms. The lowest BCUT2D eigenvalue weighted by Crippen LogP contribution is -1.99. The van der Waals surface area contributed by atoms with Gasteiger partial charge >= 0.3 is 0 Å². The third-order valence-electron chi connectivity index (χ3n) is 11.0. The average molecular weight is 700 g/mol. The first-order valence-corrected chi connectivity index (χ1v) is 18.7. The summed E-state index contributed by atoms with van der Waals surface area (Å²) in [5, 5.41) is 9.91. The number of aromatic nitrogens is 3. The molecule has 0 unspecified atom stereocenters. The molecule has 0 fully saturated rings. The van der Waals surface area contributed by atoms with Crippen LogP contribution in [0.4, 0.5) is 0 Å². The van der Waals surface area contributed by atoms with E-state index < -0.39 is 0 Å². The second kappa shape index (κ2) is 12.6. The second-order valence-electron chi connectivity index (χ2n) is 14.1. The maximum absolute atomic E-state index is 5.37. The first-order valence-electron chi connectivity index (χ1n) is 18.7. The van der Waals surface area contributed by atoms with Crippen LogP contribution in [0.15, 0.2) is 200 Å². The minimum atomic E-state index is 0.691. The van der Waals surface area contributed by atoms with E-state index in [4.69, 9.17) is 9.97 Å². The number of hydrogen-bond donors (Lipinski definition) is 0. The monoisotopic (exact) mass is 699 g/mol. The van der Waals surface area contributed by atoms with Crippen molar-refractivity contribution in [2.24, 2.45) is 0 Å². The van der Waals surface area contributed by atoms with Crippen LogP contribution in [-0.2, 0) is 0 Å². The molecule has 9 aromatic carbocycles. The highest BCUT2D eigenvalue weighted by Crippen LogP contribution is 2.41. The standard InChI is InChI=1S/C52H33N3/c1-3-15-35(16-4-1)47-33-48(45-24-13-23-44-42-22-11-12-25-49(42)55(51(44)45)39-18-5-2-6-19-39)54-52(53-47)37-28-26-36(27-29-37)50-41-21-10-8-17-38(41)32-46-40-20-9-7-14-34(40)30-31-43(46)50/h1-33H. The summed E-state index contributed by atoms with van der Waals surface area (Å²) in [6.07, 6.45) is 0. The van der Waals surface area contributed by atoms with Crippen LogP contribution in [-0.4, -0.2) is 14.5 Å². The van der Waals surface area contributed by atoms with Gasteiger partial charge in [-0.3, -0.25) is 0 Å². The van der Waals surface area contributed by atoms with Gasteiger partial charge in [-0.1, -0.05) is 170 Å². The molecule has 0 spiro atoms. The molecule has 0 amide bonds. The Bertz CT molecular complexity index is 3230. The van der Waals surface area contributed by atoms with Crippen molar-refractivity contribution in [2.75, 3.05) is 0 Å². The molecule has 2 heterocycles. The molecular weight excluding hydrogens is 667 g/mol. The zero-order chi connectivity index (χ0) is 36.3. The summed E-state index contributed by atoms with van der Waals surface area (Å²) >= 11 is 0. The van der Waals surface area contributed by atoms with Crippen molar-refractivity contribution >= 4 is 54.1 Å². The summed E-state index contributed by atoms with van der Waals surface area (Å²) in [7, 11) is 0. The van der Waals surface area contributed by atoms with Crippen molar-refractivity contribution in [1.82, 2.24) is 14.5 Å². The van der Waals surface area contributed by atoms with Crippen LogP contribution in [0.3, 0.4) is 0 Å². The minimum Gasteiger partial charge on any atom is -0.309 e. The molecule has 0 radical (unpaired) electrons. The molecule has 256 valence electrons. The quantitative estimate of drug-likeness (QED) is 0.132. The molecule has 2 aromatic heterocycles. The molecule has 0 N–H and O–H groups in total. The average Bonchev–Trinajstić information content (AvgIpc) is 3.61. The second-order valence-corrected chi connectivity index (χ2v) is 14.1. The highest BCUT2D eigenvalue weighted by molar-refractivity contribution is 6.20. The number of fused-ring (bicyclic) bond motifs is 7. The molecule has 11 rings (SSSR count). The van der Waals surface area contributed by atoms with E-state index in [1.165, 1.54) is 54.2 Å². The minimum absolute atomic E-state index is 0.691. The van der Waals surface area contributed by atoms with Gasteiger partial charge in [0, 0.05) is 33.2 Å². The third kappa shape index (κ3) is 5.13. The van der Waals surface area contributed by atoms with E-state index in [9.17, 15) is 0 Å². The first-order chi connectivity index (χ1) is 27.3. The third-order valence-corrected chi connectivity index (χ3v) is 11.0. The summed E-state index contributed by atoms with van der Waals surface area (Å²) in [6.45, 7) is 0. The number of nitrogens with zero attached hydrogens (tertiary/aromatic N) is 3. The molecule has 0 aliphatic carbocycles. The van der Waals surface area contributed by atoms with Gasteiger partial charge in [0.1, 0.15) is 0 Å². The Morgan fingerprint density at radius 2 is 0.982 bits per heavy atom. The SMILES string of the molecule is c1ccc(-c2cc(-c3cccc4c5ccccc5n(-c5ccccc5)c34)nc(-c3ccc(-c4c5ccccc5cc5c4ccc4ccccc45)cc3)n2)cc1. The van der Waals surface area contributed by atoms with Crippen LogP contribution < -0.4 is 0 Å². The maximum atomic E-state index is 5.37. The van der Waals surface area contributed by atoms with Crippen molar-refractivity contribution < 1.29 is 0 Å². The summed E-state index contributed by atoms with van der Waals surface area (Å²) in [5.74, 6) is 0.691. The van der Waals surface area contributed by atoms with Gasteiger partial charge in [0.05, 0.1) is 22.4 Å². The molecule has 55 heavy (non-hydrogen) atoms. The van der Waals surface area contributed by atoms with Gasteiger partial charge in [0.2, 0.25) is 0 Å². The van der Waals surface area contributed by atoms with E-state index in [-0.39, 0.29) is 0 Å². The van der Waals surface area contributed by atoms with E-state index >= 15 is 0 Å². The van der Waals surface area contributed by atoms with E-state index in [0.717, 1.165) is 44.8 Å². The largest absolute Gasteiger partial charge is 0.309 e. The molecule has 0 bridgehead atoms. The smallest absolute Gasteiger partial charge is 0.160 e. The van der Waals surface area contributed by atoms with Gasteiger partial charge in [-0.15, -0.1) is 0 Å². The lowest BCUT2D eigenvalue weighted by atomic mass is 9.89. The molecule has 3 nitrogen and oxygen atoms in total. The van der Waals surface area contributed by atoms with Crippen LogP contribution in [0.1, 0.15) is 0 Å².